The van der Waals surface area contributed by atoms with E-state index < -0.39 is 5.97 Å². The van der Waals surface area contributed by atoms with Gasteiger partial charge in [-0.25, -0.2) is 0 Å². The van der Waals surface area contributed by atoms with Crippen molar-refractivity contribution in [1.82, 2.24) is 0 Å². The minimum Gasteiger partial charge on any atom is -0.493 e. The fourth-order valence-corrected chi connectivity index (χ4v) is 1.98. The van der Waals surface area contributed by atoms with E-state index in [0.29, 0.717) is 18.1 Å². The lowest BCUT2D eigenvalue weighted by Gasteiger charge is -2.16. The number of benzene rings is 1. The smallest absolute Gasteiger partial charge is 0.303 e. The number of carboxylic acid groups (broad SMARTS) is 1. The van der Waals surface area contributed by atoms with Crippen LogP contribution in [-0.4, -0.2) is 24.8 Å². The minimum atomic E-state index is -0.780. The van der Waals surface area contributed by atoms with Gasteiger partial charge < -0.3 is 14.6 Å². The maximum absolute atomic E-state index is 10.8. The van der Waals surface area contributed by atoms with Crippen molar-refractivity contribution in [2.24, 2.45) is 0 Å². The first-order chi connectivity index (χ1) is 9.12. The molecule has 1 aromatic rings. The van der Waals surface area contributed by atoms with E-state index in [1.807, 2.05) is 32.0 Å². The molecule has 0 aliphatic heterocycles. The van der Waals surface area contributed by atoms with Crippen molar-refractivity contribution in [2.45, 2.75) is 39.0 Å². The SMILES string of the molecule is CCCOc1ccc(C(CC)CC(=O)O)cc1OC. The van der Waals surface area contributed by atoms with E-state index in [1.54, 1.807) is 7.11 Å². The molecule has 1 atom stereocenters. The Kier molecular flexibility index (Phi) is 6.19. The minimum absolute atomic E-state index is 0.00613. The van der Waals surface area contributed by atoms with Crippen LogP contribution in [0, 0.1) is 0 Å². The van der Waals surface area contributed by atoms with E-state index in [0.717, 1.165) is 18.4 Å². The highest BCUT2D eigenvalue weighted by Crippen LogP contribution is 2.33. The van der Waals surface area contributed by atoms with E-state index in [-0.39, 0.29) is 12.3 Å². The topological polar surface area (TPSA) is 55.8 Å². The molecule has 19 heavy (non-hydrogen) atoms. The van der Waals surface area contributed by atoms with Crippen molar-refractivity contribution in [3.63, 3.8) is 0 Å². The molecule has 0 spiro atoms. The van der Waals surface area contributed by atoms with Crippen LogP contribution in [0.4, 0.5) is 0 Å². The molecular formula is C15H22O4. The third-order valence-corrected chi connectivity index (χ3v) is 3.03. The molecule has 0 aliphatic carbocycles. The second kappa shape index (κ2) is 7.67. The van der Waals surface area contributed by atoms with Crippen LogP contribution >= 0.6 is 0 Å². The molecule has 4 nitrogen and oxygen atoms in total. The van der Waals surface area contributed by atoms with Crippen LogP contribution in [0.15, 0.2) is 18.2 Å². The summed E-state index contributed by atoms with van der Waals surface area (Å²) in [4.78, 5) is 10.8. The largest absolute Gasteiger partial charge is 0.493 e. The van der Waals surface area contributed by atoms with Gasteiger partial charge in [-0.1, -0.05) is 19.9 Å². The molecule has 0 aliphatic rings. The highest BCUT2D eigenvalue weighted by Gasteiger charge is 2.16. The molecule has 0 bridgehead atoms. The molecule has 1 unspecified atom stereocenters. The Morgan fingerprint density at radius 2 is 2.05 bits per heavy atom. The van der Waals surface area contributed by atoms with Crippen LogP contribution in [-0.2, 0) is 4.79 Å². The highest BCUT2D eigenvalue weighted by atomic mass is 16.5. The molecule has 0 radical (unpaired) electrons. The predicted octanol–water partition coefficient (Wildman–Crippen LogP) is 3.45. The molecule has 0 aromatic heterocycles. The first-order valence-corrected chi connectivity index (χ1v) is 6.64. The summed E-state index contributed by atoms with van der Waals surface area (Å²) in [6, 6.07) is 5.65. The first-order valence-electron chi connectivity index (χ1n) is 6.64. The lowest BCUT2D eigenvalue weighted by atomic mass is 9.93. The van der Waals surface area contributed by atoms with Crippen molar-refractivity contribution in [1.29, 1.82) is 0 Å². The van der Waals surface area contributed by atoms with Gasteiger partial charge in [0.15, 0.2) is 11.5 Å². The zero-order valence-corrected chi connectivity index (χ0v) is 11.8. The predicted molar refractivity (Wildman–Crippen MR) is 74.1 cm³/mol. The highest BCUT2D eigenvalue weighted by molar-refractivity contribution is 5.68. The Bertz CT molecular complexity index is 415. The van der Waals surface area contributed by atoms with E-state index in [1.165, 1.54) is 0 Å². The lowest BCUT2D eigenvalue weighted by Crippen LogP contribution is -2.06. The number of methoxy groups -OCH3 is 1. The van der Waals surface area contributed by atoms with Gasteiger partial charge in [-0.3, -0.25) is 4.79 Å². The maximum atomic E-state index is 10.8. The summed E-state index contributed by atoms with van der Waals surface area (Å²) in [5.74, 6) is 0.594. The molecule has 0 amide bonds. The molecule has 0 saturated carbocycles. The Balaban J connectivity index is 2.93. The summed E-state index contributed by atoms with van der Waals surface area (Å²) >= 11 is 0. The van der Waals surface area contributed by atoms with Crippen molar-refractivity contribution in [3.05, 3.63) is 23.8 Å². The van der Waals surface area contributed by atoms with Crippen molar-refractivity contribution < 1.29 is 19.4 Å². The molecule has 4 heteroatoms. The lowest BCUT2D eigenvalue weighted by molar-refractivity contribution is -0.137. The van der Waals surface area contributed by atoms with Gasteiger partial charge in [0.25, 0.3) is 0 Å². The van der Waals surface area contributed by atoms with Crippen molar-refractivity contribution in [3.8, 4) is 11.5 Å². The molecule has 1 N–H and O–H groups in total. The first kappa shape index (κ1) is 15.3. The molecule has 0 saturated heterocycles. The average molecular weight is 266 g/mol. The van der Waals surface area contributed by atoms with Gasteiger partial charge in [0.05, 0.1) is 20.1 Å². The van der Waals surface area contributed by atoms with Crippen molar-refractivity contribution >= 4 is 5.97 Å². The zero-order valence-electron chi connectivity index (χ0n) is 11.8. The van der Waals surface area contributed by atoms with Gasteiger partial charge in [0.2, 0.25) is 0 Å². The summed E-state index contributed by atoms with van der Waals surface area (Å²) in [5, 5.41) is 8.92. The third kappa shape index (κ3) is 4.47. The number of rotatable bonds is 8. The number of ether oxygens (including phenoxy) is 2. The van der Waals surface area contributed by atoms with Crippen LogP contribution in [0.25, 0.3) is 0 Å². The molecular weight excluding hydrogens is 244 g/mol. The van der Waals surface area contributed by atoms with Gasteiger partial charge in [-0.15, -0.1) is 0 Å². The van der Waals surface area contributed by atoms with Gasteiger partial charge in [0.1, 0.15) is 0 Å². The second-order valence-corrected chi connectivity index (χ2v) is 4.46. The zero-order chi connectivity index (χ0) is 14.3. The number of hydrogen-bond acceptors (Lipinski definition) is 3. The van der Waals surface area contributed by atoms with E-state index in [4.69, 9.17) is 14.6 Å². The Labute approximate surface area is 114 Å². The molecule has 1 rings (SSSR count). The van der Waals surface area contributed by atoms with Crippen LogP contribution in [0.5, 0.6) is 11.5 Å². The number of hydrogen-bond donors (Lipinski definition) is 1. The molecule has 1 aromatic carbocycles. The summed E-state index contributed by atoms with van der Waals surface area (Å²) in [5.41, 5.74) is 0.977. The molecule has 106 valence electrons. The quantitative estimate of drug-likeness (QED) is 0.783. The van der Waals surface area contributed by atoms with Crippen LogP contribution < -0.4 is 9.47 Å². The standard InChI is InChI=1S/C15H22O4/c1-4-8-19-13-7-6-12(9-14(13)18-3)11(5-2)10-15(16)17/h6-7,9,11H,4-5,8,10H2,1-3H3,(H,16,17). The average Bonchev–Trinajstić information content (AvgIpc) is 2.42. The van der Waals surface area contributed by atoms with Crippen molar-refractivity contribution in [2.75, 3.05) is 13.7 Å². The normalized spacial score (nSPS) is 11.9. The Morgan fingerprint density at radius 1 is 1.32 bits per heavy atom. The number of carbonyl (C=O) groups is 1. The van der Waals surface area contributed by atoms with Crippen LogP contribution in [0.3, 0.4) is 0 Å². The van der Waals surface area contributed by atoms with E-state index in [2.05, 4.69) is 0 Å². The maximum Gasteiger partial charge on any atom is 0.303 e. The van der Waals surface area contributed by atoms with E-state index >= 15 is 0 Å². The van der Waals surface area contributed by atoms with Gasteiger partial charge in [-0.05, 0) is 36.5 Å². The summed E-state index contributed by atoms with van der Waals surface area (Å²) in [6.07, 6.45) is 1.85. The molecule has 0 fully saturated rings. The monoisotopic (exact) mass is 266 g/mol. The Morgan fingerprint density at radius 3 is 2.58 bits per heavy atom. The van der Waals surface area contributed by atoms with E-state index in [9.17, 15) is 4.79 Å². The van der Waals surface area contributed by atoms with Gasteiger partial charge >= 0.3 is 5.97 Å². The van der Waals surface area contributed by atoms with Crippen LogP contribution in [0.1, 0.15) is 44.6 Å². The number of aliphatic carboxylic acids is 1. The summed E-state index contributed by atoms with van der Waals surface area (Å²) in [7, 11) is 1.59. The summed E-state index contributed by atoms with van der Waals surface area (Å²) < 4.78 is 10.9. The number of carboxylic acids is 1. The van der Waals surface area contributed by atoms with Gasteiger partial charge in [-0.2, -0.15) is 0 Å². The fourth-order valence-electron chi connectivity index (χ4n) is 1.98. The third-order valence-electron chi connectivity index (χ3n) is 3.03. The molecule has 0 heterocycles. The Hall–Kier alpha value is -1.71. The fraction of sp³-hybridized carbons (Fsp3) is 0.533. The van der Waals surface area contributed by atoms with Crippen LogP contribution in [0.2, 0.25) is 0 Å². The second-order valence-electron chi connectivity index (χ2n) is 4.46. The summed E-state index contributed by atoms with van der Waals surface area (Å²) in [6.45, 7) is 4.67. The van der Waals surface area contributed by atoms with Gasteiger partial charge in [0, 0.05) is 0 Å².